The first kappa shape index (κ1) is 11.1. The fourth-order valence-corrected chi connectivity index (χ4v) is 1.86. The van der Waals surface area contributed by atoms with Crippen LogP contribution in [-0.4, -0.2) is 41.5 Å². The van der Waals surface area contributed by atoms with Gasteiger partial charge in [-0.15, -0.1) is 0 Å². The summed E-state index contributed by atoms with van der Waals surface area (Å²) in [5, 5.41) is 3.37. The first-order valence-electron chi connectivity index (χ1n) is 5.71. The van der Waals surface area contributed by atoms with Gasteiger partial charge in [0, 0.05) is 31.9 Å². The molecule has 16 heavy (non-hydrogen) atoms. The van der Waals surface area contributed by atoms with Crippen LogP contribution in [0, 0.1) is 0 Å². The van der Waals surface area contributed by atoms with Crippen molar-refractivity contribution in [1.82, 2.24) is 15.2 Å². The normalized spacial score (nSPS) is 21.6. The van der Waals surface area contributed by atoms with Crippen LogP contribution in [0.5, 0.6) is 0 Å². The van der Waals surface area contributed by atoms with Crippen molar-refractivity contribution in [3.8, 4) is 0 Å². The van der Waals surface area contributed by atoms with Gasteiger partial charge < -0.3 is 10.2 Å². The molecular weight excluding hydrogens is 202 g/mol. The molecule has 0 aromatic carbocycles. The van der Waals surface area contributed by atoms with Crippen molar-refractivity contribution in [1.29, 1.82) is 0 Å². The number of hydrogen-bond donors (Lipinski definition) is 1. The Morgan fingerprint density at radius 2 is 2.38 bits per heavy atom. The molecule has 1 fully saturated rings. The maximum absolute atomic E-state index is 12.1. The maximum atomic E-state index is 12.1. The molecule has 1 aliphatic rings. The molecule has 1 aliphatic heterocycles. The summed E-state index contributed by atoms with van der Waals surface area (Å²) in [6.45, 7) is 4.58. The summed E-state index contributed by atoms with van der Waals surface area (Å²) in [5.41, 5.74) is 0.539. The molecule has 1 atom stereocenters. The maximum Gasteiger partial charge on any atom is 0.272 e. The number of nitrogens with zero attached hydrogens (tertiary/aromatic N) is 2. The van der Waals surface area contributed by atoms with Gasteiger partial charge in [-0.05, 0) is 25.5 Å². The van der Waals surface area contributed by atoms with Crippen molar-refractivity contribution < 1.29 is 4.79 Å². The molecule has 1 unspecified atom stereocenters. The lowest BCUT2D eigenvalue weighted by Crippen LogP contribution is -2.34. The number of amides is 1. The lowest BCUT2D eigenvalue weighted by Gasteiger charge is -2.19. The molecule has 1 saturated heterocycles. The second kappa shape index (κ2) is 5.07. The third-order valence-electron chi connectivity index (χ3n) is 2.88. The van der Waals surface area contributed by atoms with Crippen LogP contribution in [0.25, 0.3) is 0 Å². The SMILES string of the molecule is CC1CCN(C(=O)c2ccccn2)CCN1. The van der Waals surface area contributed by atoms with Gasteiger partial charge >= 0.3 is 0 Å². The van der Waals surface area contributed by atoms with Crippen molar-refractivity contribution in [2.45, 2.75) is 19.4 Å². The number of rotatable bonds is 1. The molecular formula is C12H17N3O. The monoisotopic (exact) mass is 219 g/mol. The van der Waals surface area contributed by atoms with E-state index < -0.39 is 0 Å². The summed E-state index contributed by atoms with van der Waals surface area (Å²) >= 11 is 0. The molecule has 1 aromatic rings. The van der Waals surface area contributed by atoms with Gasteiger partial charge in [0.15, 0.2) is 0 Å². The van der Waals surface area contributed by atoms with E-state index in [-0.39, 0.29) is 5.91 Å². The van der Waals surface area contributed by atoms with Gasteiger partial charge in [0.2, 0.25) is 0 Å². The number of hydrogen-bond acceptors (Lipinski definition) is 3. The zero-order valence-electron chi connectivity index (χ0n) is 9.52. The highest BCUT2D eigenvalue weighted by Gasteiger charge is 2.19. The number of carbonyl (C=O) groups is 1. The molecule has 0 saturated carbocycles. The largest absolute Gasteiger partial charge is 0.336 e. The molecule has 0 aliphatic carbocycles. The highest BCUT2D eigenvalue weighted by atomic mass is 16.2. The second-order valence-corrected chi connectivity index (χ2v) is 4.15. The van der Waals surface area contributed by atoms with Crippen LogP contribution in [0.4, 0.5) is 0 Å². The Bertz CT molecular complexity index is 353. The number of pyridine rings is 1. The van der Waals surface area contributed by atoms with E-state index in [4.69, 9.17) is 0 Å². The summed E-state index contributed by atoms with van der Waals surface area (Å²) in [7, 11) is 0. The molecule has 1 amide bonds. The van der Waals surface area contributed by atoms with Crippen LogP contribution < -0.4 is 5.32 Å². The smallest absolute Gasteiger partial charge is 0.272 e. The molecule has 86 valence electrons. The third-order valence-corrected chi connectivity index (χ3v) is 2.88. The van der Waals surface area contributed by atoms with Crippen LogP contribution in [0.3, 0.4) is 0 Å². The van der Waals surface area contributed by atoms with E-state index in [9.17, 15) is 4.79 Å². The molecule has 4 heteroatoms. The predicted molar refractivity (Wildman–Crippen MR) is 62.2 cm³/mol. The average Bonchev–Trinajstić information content (AvgIpc) is 2.54. The van der Waals surface area contributed by atoms with Crippen LogP contribution >= 0.6 is 0 Å². The lowest BCUT2D eigenvalue weighted by molar-refractivity contribution is 0.0760. The minimum Gasteiger partial charge on any atom is -0.336 e. The van der Waals surface area contributed by atoms with Crippen molar-refractivity contribution >= 4 is 5.91 Å². The highest BCUT2D eigenvalue weighted by Crippen LogP contribution is 2.06. The van der Waals surface area contributed by atoms with Gasteiger partial charge in [-0.1, -0.05) is 6.07 Å². The summed E-state index contributed by atoms with van der Waals surface area (Å²) in [4.78, 5) is 18.1. The van der Waals surface area contributed by atoms with Gasteiger partial charge in [0.1, 0.15) is 5.69 Å². The van der Waals surface area contributed by atoms with Crippen molar-refractivity contribution in [3.05, 3.63) is 30.1 Å². The fraction of sp³-hybridized carbons (Fsp3) is 0.500. The quantitative estimate of drug-likeness (QED) is 0.763. The topological polar surface area (TPSA) is 45.2 Å². The Labute approximate surface area is 95.7 Å². The minimum atomic E-state index is 0.0384. The highest BCUT2D eigenvalue weighted by molar-refractivity contribution is 5.92. The van der Waals surface area contributed by atoms with Crippen molar-refractivity contribution in [2.75, 3.05) is 19.6 Å². The van der Waals surface area contributed by atoms with Gasteiger partial charge in [-0.25, -0.2) is 0 Å². The Morgan fingerprint density at radius 3 is 3.12 bits per heavy atom. The van der Waals surface area contributed by atoms with E-state index in [2.05, 4.69) is 17.2 Å². The van der Waals surface area contributed by atoms with Crippen LogP contribution in [0.2, 0.25) is 0 Å². The second-order valence-electron chi connectivity index (χ2n) is 4.15. The van der Waals surface area contributed by atoms with E-state index in [0.29, 0.717) is 11.7 Å². The van der Waals surface area contributed by atoms with E-state index in [1.54, 1.807) is 12.3 Å². The molecule has 2 rings (SSSR count). The Morgan fingerprint density at radius 1 is 1.50 bits per heavy atom. The molecule has 4 nitrogen and oxygen atoms in total. The van der Waals surface area contributed by atoms with Crippen molar-refractivity contribution in [3.63, 3.8) is 0 Å². The Kier molecular flexibility index (Phi) is 3.51. The van der Waals surface area contributed by atoms with Gasteiger partial charge in [0.05, 0.1) is 0 Å². The van der Waals surface area contributed by atoms with E-state index in [1.165, 1.54) is 0 Å². The van der Waals surface area contributed by atoms with Crippen molar-refractivity contribution in [2.24, 2.45) is 0 Å². The molecule has 0 radical (unpaired) electrons. The van der Waals surface area contributed by atoms with E-state index >= 15 is 0 Å². The Balaban J connectivity index is 2.04. The Hall–Kier alpha value is -1.42. The van der Waals surface area contributed by atoms with Gasteiger partial charge in [0.25, 0.3) is 5.91 Å². The van der Waals surface area contributed by atoms with E-state index in [1.807, 2.05) is 17.0 Å². The standard InChI is InChI=1S/C12H17N3O/c1-10-5-8-15(9-7-13-10)12(16)11-4-2-3-6-14-11/h2-4,6,10,13H,5,7-9H2,1H3. The molecule has 2 heterocycles. The number of carbonyl (C=O) groups excluding carboxylic acids is 1. The molecule has 0 spiro atoms. The first-order valence-corrected chi connectivity index (χ1v) is 5.71. The predicted octanol–water partition coefficient (Wildman–Crippen LogP) is 0.906. The molecule has 1 N–H and O–H groups in total. The summed E-state index contributed by atoms with van der Waals surface area (Å²) < 4.78 is 0. The number of nitrogens with one attached hydrogen (secondary N) is 1. The average molecular weight is 219 g/mol. The van der Waals surface area contributed by atoms with Crippen LogP contribution in [-0.2, 0) is 0 Å². The van der Waals surface area contributed by atoms with Crippen LogP contribution in [0.1, 0.15) is 23.8 Å². The zero-order valence-corrected chi connectivity index (χ0v) is 9.52. The number of aromatic nitrogens is 1. The fourth-order valence-electron chi connectivity index (χ4n) is 1.86. The minimum absolute atomic E-state index is 0.0384. The summed E-state index contributed by atoms with van der Waals surface area (Å²) in [6.07, 6.45) is 2.66. The summed E-state index contributed by atoms with van der Waals surface area (Å²) in [5.74, 6) is 0.0384. The van der Waals surface area contributed by atoms with Crippen LogP contribution in [0.15, 0.2) is 24.4 Å². The summed E-state index contributed by atoms with van der Waals surface area (Å²) in [6, 6.07) is 5.92. The molecule has 1 aromatic heterocycles. The third kappa shape index (κ3) is 2.58. The van der Waals surface area contributed by atoms with E-state index in [0.717, 1.165) is 26.1 Å². The zero-order chi connectivity index (χ0) is 11.4. The lowest BCUT2D eigenvalue weighted by atomic mass is 10.2. The van der Waals surface area contributed by atoms with Gasteiger partial charge in [-0.3, -0.25) is 9.78 Å². The van der Waals surface area contributed by atoms with Gasteiger partial charge in [-0.2, -0.15) is 0 Å². The first-order chi connectivity index (χ1) is 7.77. The molecule has 0 bridgehead atoms.